The van der Waals surface area contributed by atoms with Crippen LogP contribution in [0.5, 0.6) is 0 Å². The van der Waals surface area contributed by atoms with Crippen molar-refractivity contribution >= 4 is 5.91 Å². The molecule has 3 aromatic rings. The van der Waals surface area contributed by atoms with Crippen molar-refractivity contribution in [1.82, 2.24) is 25.5 Å². The third-order valence-corrected chi connectivity index (χ3v) is 3.81. The second kappa shape index (κ2) is 7.50. The van der Waals surface area contributed by atoms with Gasteiger partial charge in [0.25, 0.3) is 5.91 Å². The molecule has 6 nitrogen and oxygen atoms in total. The average Bonchev–Trinajstić information content (AvgIpc) is 3.16. The number of hydrogen-bond acceptors (Lipinski definition) is 4. The van der Waals surface area contributed by atoms with Crippen LogP contribution in [0.3, 0.4) is 0 Å². The predicted molar refractivity (Wildman–Crippen MR) is 90.8 cm³/mol. The van der Waals surface area contributed by atoms with Gasteiger partial charge in [-0.25, -0.2) is 4.68 Å². The molecule has 1 amide bonds. The Morgan fingerprint density at radius 1 is 1.17 bits per heavy atom. The number of amides is 1. The maximum absolute atomic E-state index is 12.4. The van der Waals surface area contributed by atoms with Crippen molar-refractivity contribution in [3.63, 3.8) is 0 Å². The number of rotatable bonds is 6. The third-order valence-electron chi connectivity index (χ3n) is 3.81. The first-order valence-corrected chi connectivity index (χ1v) is 7.90. The minimum atomic E-state index is -0.0921. The second-order valence-corrected chi connectivity index (χ2v) is 5.70. The lowest BCUT2D eigenvalue weighted by molar-refractivity contribution is 0.0938. The molecule has 0 radical (unpaired) electrons. The highest BCUT2D eigenvalue weighted by molar-refractivity contribution is 5.94. The van der Waals surface area contributed by atoms with E-state index in [9.17, 15) is 4.79 Å². The molecule has 0 unspecified atom stereocenters. The Bertz CT molecular complexity index is 786. The van der Waals surface area contributed by atoms with E-state index < -0.39 is 0 Å². The fourth-order valence-corrected chi connectivity index (χ4v) is 2.48. The Morgan fingerprint density at radius 3 is 2.75 bits per heavy atom. The van der Waals surface area contributed by atoms with E-state index in [1.807, 2.05) is 37.3 Å². The molecule has 0 fully saturated rings. The molecule has 6 heteroatoms. The molecule has 0 spiro atoms. The van der Waals surface area contributed by atoms with E-state index in [4.69, 9.17) is 0 Å². The maximum Gasteiger partial charge on any atom is 0.251 e. The number of benzene rings is 2. The van der Waals surface area contributed by atoms with Crippen LogP contribution in [-0.2, 0) is 6.42 Å². The van der Waals surface area contributed by atoms with Gasteiger partial charge >= 0.3 is 0 Å². The first kappa shape index (κ1) is 15.9. The fraction of sp³-hybridized carbons (Fsp3) is 0.222. The molecule has 0 bridgehead atoms. The molecular formula is C18H19N5O. The maximum atomic E-state index is 12.4. The smallest absolute Gasteiger partial charge is 0.251 e. The molecule has 3 rings (SSSR count). The van der Waals surface area contributed by atoms with E-state index in [1.54, 1.807) is 12.1 Å². The summed E-state index contributed by atoms with van der Waals surface area (Å²) in [6, 6.07) is 17.6. The number of nitrogens with zero attached hydrogens (tertiary/aromatic N) is 4. The standard InChI is InChI=1S/C18H19N5O/c1-14(10-11-15-6-3-2-4-7-15)20-18(24)16-8-5-9-17(12-16)23-13-19-21-22-23/h2-9,12-14H,10-11H2,1H3,(H,20,24)/t14-/m0/s1. The van der Waals surface area contributed by atoms with Crippen molar-refractivity contribution in [2.75, 3.05) is 0 Å². The summed E-state index contributed by atoms with van der Waals surface area (Å²) in [7, 11) is 0. The third kappa shape index (κ3) is 4.04. The van der Waals surface area contributed by atoms with Gasteiger partial charge in [-0.3, -0.25) is 4.79 Å². The van der Waals surface area contributed by atoms with Crippen molar-refractivity contribution in [3.8, 4) is 5.69 Å². The number of aromatic nitrogens is 4. The van der Waals surface area contributed by atoms with Crippen molar-refractivity contribution in [3.05, 3.63) is 72.1 Å². The summed E-state index contributed by atoms with van der Waals surface area (Å²) in [6.45, 7) is 2.02. The summed E-state index contributed by atoms with van der Waals surface area (Å²) in [6.07, 6.45) is 3.33. The van der Waals surface area contributed by atoms with Gasteiger partial charge in [0, 0.05) is 11.6 Å². The van der Waals surface area contributed by atoms with Crippen molar-refractivity contribution < 1.29 is 4.79 Å². The zero-order valence-electron chi connectivity index (χ0n) is 13.5. The Kier molecular flexibility index (Phi) is 4.96. The number of carbonyl (C=O) groups is 1. The average molecular weight is 321 g/mol. The van der Waals surface area contributed by atoms with E-state index >= 15 is 0 Å². The van der Waals surface area contributed by atoms with E-state index in [0.717, 1.165) is 18.5 Å². The SMILES string of the molecule is C[C@@H](CCc1ccccc1)NC(=O)c1cccc(-n2cnnn2)c1. The molecule has 122 valence electrons. The number of carbonyl (C=O) groups excluding carboxylic acids is 1. The van der Waals surface area contributed by atoms with Crippen LogP contribution in [-0.4, -0.2) is 32.2 Å². The molecule has 0 aliphatic rings. The van der Waals surface area contributed by atoms with Gasteiger partial charge in [-0.15, -0.1) is 5.10 Å². The Balaban J connectivity index is 1.59. The van der Waals surface area contributed by atoms with Crippen LogP contribution in [0.15, 0.2) is 60.9 Å². The molecular weight excluding hydrogens is 302 g/mol. The number of aryl methyl sites for hydroxylation is 1. The van der Waals surface area contributed by atoms with Crippen molar-refractivity contribution in [2.24, 2.45) is 0 Å². The summed E-state index contributed by atoms with van der Waals surface area (Å²) in [5, 5.41) is 14.1. The lowest BCUT2D eigenvalue weighted by atomic mass is 10.1. The first-order valence-electron chi connectivity index (χ1n) is 7.90. The van der Waals surface area contributed by atoms with E-state index in [2.05, 4.69) is 33.0 Å². The van der Waals surface area contributed by atoms with E-state index in [1.165, 1.54) is 16.6 Å². The summed E-state index contributed by atoms with van der Waals surface area (Å²) in [5.41, 5.74) is 2.62. The largest absolute Gasteiger partial charge is 0.350 e. The molecule has 1 aromatic heterocycles. The molecule has 2 aromatic carbocycles. The van der Waals surface area contributed by atoms with Gasteiger partial charge < -0.3 is 5.32 Å². The molecule has 0 aliphatic heterocycles. The Labute approximate surface area is 140 Å². The minimum absolute atomic E-state index is 0.0920. The highest BCUT2D eigenvalue weighted by Crippen LogP contribution is 2.10. The first-order chi connectivity index (χ1) is 11.7. The highest BCUT2D eigenvalue weighted by atomic mass is 16.1. The lowest BCUT2D eigenvalue weighted by Crippen LogP contribution is -2.32. The second-order valence-electron chi connectivity index (χ2n) is 5.70. The number of tetrazole rings is 1. The molecule has 1 atom stereocenters. The van der Waals surface area contributed by atoms with Gasteiger partial charge in [0.05, 0.1) is 5.69 Å². The van der Waals surface area contributed by atoms with Crippen LogP contribution < -0.4 is 5.32 Å². The van der Waals surface area contributed by atoms with Gasteiger partial charge in [0.1, 0.15) is 6.33 Å². The van der Waals surface area contributed by atoms with Crippen LogP contribution in [0.2, 0.25) is 0 Å². The van der Waals surface area contributed by atoms with E-state index in [0.29, 0.717) is 5.56 Å². The molecule has 1 heterocycles. The minimum Gasteiger partial charge on any atom is -0.350 e. The van der Waals surface area contributed by atoms with Crippen molar-refractivity contribution in [2.45, 2.75) is 25.8 Å². The summed E-state index contributed by atoms with van der Waals surface area (Å²) in [4.78, 5) is 12.4. The molecule has 24 heavy (non-hydrogen) atoms. The summed E-state index contributed by atoms with van der Waals surface area (Å²) in [5.74, 6) is -0.0921. The molecule has 0 saturated carbocycles. The Hall–Kier alpha value is -3.02. The van der Waals surface area contributed by atoms with Crippen LogP contribution in [0.1, 0.15) is 29.3 Å². The van der Waals surface area contributed by atoms with Gasteiger partial charge in [-0.1, -0.05) is 36.4 Å². The van der Waals surface area contributed by atoms with Crippen LogP contribution in [0, 0.1) is 0 Å². The quantitative estimate of drug-likeness (QED) is 0.757. The highest BCUT2D eigenvalue weighted by Gasteiger charge is 2.11. The summed E-state index contributed by atoms with van der Waals surface area (Å²) >= 11 is 0. The van der Waals surface area contributed by atoms with Crippen LogP contribution >= 0.6 is 0 Å². The van der Waals surface area contributed by atoms with Gasteiger partial charge in [0.2, 0.25) is 0 Å². The monoisotopic (exact) mass is 321 g/mol. The van der Waals surface area contributed by atoms with Crippen LogP contribution in [0.25, 0.3) is 5.69 Å². The number of hydrogen-bond donors (Lipinski definition) is 1. The van der Waals surface area contributed by atoms with Gasteiger partial charge in [0.15, 0.2) is 0 Å². The zero-order valence-corrected chi connectivity index (χ0v) is 13.5. The van der Waals surface area contributed by atoms with Gasteiger partial charge in [-0.2, -0.15) is 0 Å². The zero-order chi connectivity index (χ0) is 16.8. The van der Waals surface area contributed by atoms with Crippen molar-refractivity contribution in [1.29, 1.82) is 0 Å². The summed E-state index contributed by atoms with van der Waals surface area (Å²) < 4.78 is 1.52. The predicted octanol–water partition coefficient (Wildman–Crippen LogP) is 2.41. The molecule has 0 aliphatic carbocycles. The number of nitrogens with one attached hydrogen (secondary N) is 1. The fourth-order valence-electron chi connectivity index (χ4n) is 2.48. The molecule has 1 N–H and O–H groups in total. The Morgan fingerprint density at radius 2 is 2.00 bits per heavy atom. The van der Waals surface area contributed by atoms with E-state index in [-0.39, 0.29) is 11.9 Å². The van der Waals surface area contributed by atoms with Gasteiger partial charge in [-0.05, 0) is 54.0 Å². The topological polar surface area (TPSA) is 72.7 Å². The lowest BCUT2D eigenvalue weighted by Gasteiger charge is -2.14. The molecule has 0 saturated heterocycles. The van der Waals surface area contributed by atoms with Crippen LogP contribution in [0.4, 0.5) is 0 Å². The normalized spacial score (nSPS) is 11.9.